The lowest BCUT2D eigenvalue weighted by Gasteiger charge is -2.31. The Hall–Kier alpha value is -4.53. The van der Waals surface area contributed by atoms with E-state index >= 15 is 0 Å². The number of carbonyl (C=O) groups excluding carboxylic acids is 7. The van der Waals surface area contributed by atoms with Crippen LogP contribution in [0.3, 0.4) is 0 Å². The van der Waals surface area contributed by atoms with Crippen LogP contribution in [0, 0.1) is 11.8 Å². The van der Waals surface area contributed by atoms with Crippen molar-refractivity contribution in [3.05, 3.63) is 35.9 Å². The molecule has 6 N–H and O–H groups in total. The van der Waals surface area contributed by atoms with Crippen molar-refractivity contribution in [2.75, 3.05) is 26.3 Å². The van der Waals surface area contributed by atoms with Gasteiger partial charge in [-0.2, -0.15) is 0 Å². The van der Waals surface area contributed by atoms with E-state index < -0.39 is 72.1 Å². The Labute approximate surface area is 281 Å². The van der Waals surface area contributed by atoms with E-state index in [2.05, 4.69) is 21.3 Å². The number of alkyl carbamates (subject to hydrolysis) is 1. The van der Waals surface area contributed by atoms with Crippen molar-refractivity contribution in [2.45, 2.75) is 91.1 Å². The second-order valence-corrected chi connectivity index (χ2v) is 12.5. The lowest BCUT2D eigenvalue weighted by Crippen LogP contribution is -2.57. The van der Waals surface area contributed by atoms with E-state index in [4.69, 9.17) is 15.2 Å². The fraction of sp³-hybridized carbons (Fsp3) is 0.606. The van der Waals surface area contributed by atoms with Crippen molar-refractivity contribution >= 4 is 41.4 Å². The Kier molecular flexibility index (Phi) is 16.5. The van der Waals surface area contributed by atoms with Gasteiger partial charge in [-0.25, -0.2) is 4.79 Å². The number of primary amides is 1. The summed E-state index contributed by atoms with van der Waals surface area (Å²) in [5, 5.41) is 9.80. The molecule has 6 amide bonds. The van der Waals surface area contributed by atoms with Gasteiger partial charge in [-0.15, -0.1) is 0 Å². The Morgan fingerprint density at radius 1 is 0.938 bits per heavy atom. The number of ether oxygens (including phenoxy) is 2. The molecule has 1 fully saturated rings. The molecule has 0 radical (unpaired) electrons. The first kappa shape index (κ1) is 39.6. The number of hydrogen-bond acceptors (Lipinski definition) is 9. The molecule has 2 rings (SSSR count). The lowest BCUT2D eigenvalue weighted by atomic mass is 10.0. The SMILES string of the molecule is CCCC(NC(=O)C1CCCN1C(=O)C(NC(=O)OCC(C)C)C(C)C)C(=O)C(=O)NCC(=O)NC(COCc1ccccc1)C(N)=O. The molecule has 1 heterocycles. The number of nitrogens with two attached hydrogens (primary N) is 1. The predicted molar refractivity (Wildman–Crippen MR) is 175 cm³/mol. The fourth-order valence-electron chi connectivity index (χ4n) is 4.95. The summed E-state index contributed by atoms with van der Waals surface area (Å²) in [6.07, 6.45) is 0.698. The Balaban J connectivity index is 1.95. The summed E-state index contributed by atoms with van der Waals surface area (Å²) in [6, 6.07) is 4.93. The first-order chi connectivity index (χ1) is 22.7. The molecule has 4 unspecified atom stereocenters. The molecule has 1 aromatic rings. The number of amides is 6. The van der Waals surface area contributed by atoms with E-state index in [0.717, 1.165) is 5.56 Å². The van der Waals surface area contributed by atoms with Crippen LogP contribution in [0.25, 0.3) is 0 Å². The summed E-state index contributed by atoms with van der Waals surface area (Å²) in [4.78, 5) is 90.6. The van der Waals surface area contributed by atoms with Crippen LogP contribution in [0.4, 0.5) is 4.79 Å². The molecule has 15 nitrogen and oxygen atoms in total. The smallest absolute Gasteiger partial charge is 0.407 e. The molecule has 48 heavy (non-hydrogen) atoms. The molecule has 1 saturated heterocycles. The third kappa shape index (κ3) is 12.9. The van der Waals surface area contributed by atoms with Crippen LogP contribution in [0.1, 0.15) is 65.9 Å². The van der Waals surface area contributed by atoms with E-state index in [1.54, 1.807) is 20.8 Å². The predicted octanol–water partition coefficient (Wildman–Crippen LogP) is 0.541. The molecule has 0 spiro atoms. The highest BCUT2D eigenvalue weighted by Crippen LogP contribution is 2.21. The molecule has 0 aromatic heterocycles. The number of rotatable bonds is 19. The van der Waals surface area contributed by atoms with Gasteiger partial charge in [0.25, 0.3) is 5.91 Å². The van der Waals surface area contributed by atoms with Crippen molar-refractivity contribution in [1.82, 2.24) is 26.2 Å². The number of Topliss-reactive ketones (excluding diaryl/α,β-unsaturated/α-hetero) is 1. The summed E-state index contributed by atoms with van der Waals surface area (Å²) in [6.45, 7) is 8.87. The average molecular weight is 675 g/mol. The van der Waals surface area contributed by atoms with Crippen LogP contribution in [0.15, 0.2) is 30.3 Å². The van der Waals surface area contributed by atoms with Gasteiger partial charge in [-0.3, -0.25) is 28.8 Å². The van der Waals surface area contributed by atoms with Crippen molar-refractivity contribution in [3.63, 3.8) is 0 Å². The fourth-order valence-corrected chi connectivity index (χ4v) is 4.95. The van der Waals surface area contributed by atoms with E-state index in [1.165, 1.54) is 4.90 Å². The zero-order chi connectivity index (χ0) is 35.8. The highest BCUT2D eigenvalue weighted by molar-refractivity contribution is 6.38. The summed E-state index contributed by atoms with van der Waals surface area (Å²) >= 11 is 0. The van der Waals surface area contributed by atoms with Gasteiger partial charge < -0.3 is 41.4 Å². The van der Waals surface area contributed by atoms with Crippen LogP contribution in [0.2, 0.25) is 0 Å². The summed E-state index contributed by atoms with van der Waals surface area (Å²) in [5.41, 5.74) is 6.23. The number of nitrogens with one attached hydrogen (secondary N) is 4. The molecular weight excluding hydrogens is 624 g/mol. The summed E-state index contributed by atoms with van der Waals surface area (Å²) < 4.78 is 10.6. The molecule has 0 saturated carbocycles. The lowest BCUT2D eigenvalue weighted by molar-refractivity contribution is -0.143. The number of likely N-dealkylation sites (tertiary alicyclic amines) is 1. The average Bonchev–Trinajstić information content (AvgIpc) is 3.54. The Morgan fingerprint density at radius 3 is 2.23 bits per heavy atom. The number of hydrogen-bond donors (Lipinski definition) is 5. The molecular formula is C33H50N6O9. The minimum absolute atomic E-state index is 0.110. The third-order valence-corrected chi connectivity index (χ3v) is 7.51. The molecule has 1 aromatic carbocycles. The topological polar surface area (TPSA) is 215 Å². The van der Waals surface area contributed by atoms with Crippen LogP contribution in [-0.2, 0) is 44.8 Å². The normalized spacial score (nSPS) is 16.1. The maximum atomic E-state index is 13.5. The first-order valence-corrected chi connectivity index (χ1v) is 16.3. The zero-order valence-electron chi connectivity index (χ0n) is 28.4. The number of nitrogens with zero attached hydrogens (tertiary/aromatic N) is 1. The minimum atomic E-state index is -1.21. The summed E-state index contributed by atoms with van der Waals surface area (Å²) in [5.74, 6) is -4.95. The quantitative estimate of drug-likeness (QED) is 0.129. The monoisotopic (exact) mass is 674 g/mol. The van der Waals surface area contributed by atoms with Gasteiger partial charge in [0.1, 0.15) is 18.1 Å². The minimum Gasteiger partial charge on any atom is -0.449 e. The van der Waals surface area contributed by atoms with E-state index in [9.17, 15) is 33.6 Å². The highest BCUT2D eigenvalue weighted by atomic mass is 16.5. The maximum absolute atomic E-state index is 13.5. The highest BCUT2D eigenvalue weighted by Gasteiger charge is 2.40. The second-order valence-electron chi connectivity index (χ2n) is 12.5. The van der Waals surface area contributed by atoms with Gasteiger partial charge in [0.2, 0.25) is 29.4 Å². The third-order valence-electron chi connectivity index (χ3n) is 7.51. The van der Waals surface area contributed by atoms with E-state index in [-0.39, 0.29) is 44.6 Å². The van der Waals surface area contributed by atoms with Crippen molar-refractivity contribution in [1.29, 1.82) is 0 Å². The van der Waals surface area contributed by atoms with Crippen LogP contribution < -0.4 is 27.0 Å². The number of benzene rings is 1. The van der Waals surface area contributed by atoms with Gasteiger partial charge in [-0.1, -0.05) is 71.4 Å². The maximum Gasteiger partial charge on any atom is 0.407 e. The van der Waals surface area contributed by atoms with Crippen molar-refractivity contribution in [3.8, 4) is 0 Å². The molecule has 1 aliphatic heterocycles. The van der Waals surface area contributed by atoms with Gasteiger partial charge in [0.05, 0.1) is 32.4 Å². The second kappa shape index (κ2) is 20.0. The first-order valence-electron chi connectivity index (χ1n) is 16.3. The van der Waals surface area contributed by atoms with Crippen LogP contribution in [0.5, 0.6) is 0 Å². The van der Waals surface area contributed by atoms with Crippen LogP contribution >= 0.6 is 0 Å². The van der Waals surface area contributed by atoms with Gasteiger partial charge in [0.15, 0.2) is 0 Å². The Bertz CT molecular complexity index is 1270. The number of carbonyl (C=O) groups is 7. The van der Waals surface area contributed by atoms with E-state index in [1.807, 2.05) is 44.2 Å². The van der Waals surface area contributed by atoms with Gasteiger partial charge in [0, 0.05) is 6.54 Å². The van der Waals surface area contributed by atoms with Crippen LogP contribution in [-0.4, -0.2) is 96.8 Å². The molecule has 1 aliphatic rings. The van der Waals surface area contributed by atoms with Gasteiger partial charge in [-0.05, 0) is 36.7 Å². The van der Waals surface area contributed by atoms with Crippen molar-refractivity contribution in [2.24, 2.45) is 17.6 Å². The largest absolute Gasteiger partial charge is 0.449 e. The van der Waals surface area contributed by atoms with E-state index in [0.29, 0.717) is 19.3 Å². The molecule has 0 bridgehead atoms. The van der Waals surface area contributed by atoms with Gasteiger partial charge >= 0.3 is 6.09 Å². The molecule has 4 atom stereocenters. The Morgan fingerprint density at radius 2 is 1.62 bits per heavy atom. The summed E-state index contributed by atoms with van der Waals surface area (Å²) in [7, 11) is 0. The molecule has 15 heteroatoms. The number of ketones is 1. The van der Waals surface area contributed by atoms with Crippen molar-refractivity contribution < 1.29 is 43.0 Å². The molecule has 266 valence electrons. The zero-order valence-corrected chi connectivity index (χ0v) is 28.4. The molecule has 0 aliphatic carbocycles. The standard InChI is InChI=1S/C33H50N6O9/c1-6-11-23(28(41)31(44)35-16-26(40)36-24(29(34)42)19-47-18-22-12-8-7-9-13-22)37-30(43)25-14-10-15-39(25)32(45)27(21(4)5)38-33(46)48-17-20(2)3/h7-9,12-13,20-21,23-25,27H,6,10-11,14-19H2,1-5H3,(H2,34,42)(H,35,44)(H,36,40)(H,37,43)(H,38,46).